The van der Waals surface area contributed by atoms with Crippen LogP contribution in [-0.2, 0) is 34.7 Å². The molecular weight excluding hydrogens is 496 g/mol. The quantitative estimate of drug-likeness (QED) is 0.350. The second-order valence-corrected chi connectivity index (χ2v) is 10.1. The van der Waals surface area contributed by atoms with Crippen LogP contribution in [0.5, 0.6) is 5.75 Å². The molecule has 0 unspecified atom stereocenters. The second kappa shape index (κ2) is 8.51. The molecule has 0 amide bonds. The molecule has 2 aromatic carbocycles. The van der Waals surface area contributed by atoms with Crippen LogP contribution in [-0.4, -0.2) is 40.6 Å². The van der Waals surface area contributed by atoms with Gasteiger partial charge >= 0.3 is 5.97 Å². The Hall–Kier alpha value is -4.50. The number of fused-ring (bicyclic) bond motifs is 5. The van der Waals surface area contributed by atoms with Crippen LogP contribution >= 0.6 is 0 Å². The molecule has 3 aliphatic heterocycles. The van der Waals surface area contributed by atoms with Crippen molar-refractivity contribution in [3.05, 3.63) is 81.1 Å². The number of ether oxygens (including phenoxy) is 2. The van der Waals surface area contributed by atoms with Gasteiger partial charge in [0.1, 0.15) is 12.4 Å². The average Bonchev–Trinajstić information content (AvgIpc) is 3.34. The molecule has 0 saturated heterocycles. The van der Waals surface area contributed by atoms with Crippen LogP contribution in [0, 0.1) is 0 Å². The zero-order chi connectivity index (χ0) is 26.9. The summed E-state index contributed by atoms with van der Waals surface area (Å²) in [5.74, 6) is 0.0843. The highest BCUT2D eigenvalue weighted by Crippen LogP contribution is 2.46. The van der Waals surface area contributed by atoms with Crippen molar-refractivity contribution in [2.75, 3.05) is 18.6 Å². The van der Waals surface area contributed by atoms with Gasteiger partial charge in [-0.3, -0.25) is 4.79 Å². The number of nitrogens with zero attached hydrogens (tertiary/aromatic N) is 4. The predicted molar refractivity (Wildman–Crippen MR) is 147 cm³/mol. The maximum atomic E-state index is 13.7. The minimum Gasteiger partial charge on any atom is -0.497 e. The highest BCUT2D eigenvalue weighted by Gasteiger charge is 2.45. The molecule has 39 heavy (non-hydrogen) atoms. The van der Waals surface area contributed by atoms with E-state index in [0.717, 1.165) is 40.0 Å². The summed E-state index contributed by atoms with van der Waals surface area (Å²) in [5.41, 5.74) is 4.44. The third-order valence-corrected chi connectivity index (χ3v) is 8.09. The Morgan fingerprint density at radius 1 is 1.13 bits per heavy atom. The number of aliphatic hydroxyl groups is 1. The lowest BCUT2D eigenvalue weighted by atomic mass is 9.86. The summed E-state index contributed by atoms with van der Waals surface area (Å²) in [5, 5.41) is 12.1. The van der Waals surface area contributed by atoms with Crippen molar-refractivity contribution in [1.82, 2.24) is 9.55 Å². The van der Waals surface area contributed by atoms with Gasteiger partial charge in [-0.2, -0.15) is 0 Å². The average molecular weight is 523 g/mol. The van der Waals surface area contributed by atoms with Crippen molar-refractivity contribution < 1.29 is 19.4 Å². The number of esters is 1. The lowest BCUT2D eigenvalue weighted by molar-refractivity contribution is -0.172. The van der Waals surface area contributed by atoms with Crippen LogP contribution < -0.4 is 15.2 Å². The van der Waals surface area contributed by atoms with Crippen LogP contribution in [0.3, 0.4) is 0 Å². The number of cyclic esters (lactones) is 1. The Kier molecular flexibility index (Phi) is 5.15. The number of carbonyl (C=O) groups excluding carboxylic acids is 1. The molecule has 0 fully saturated rings. The fourth-order valence-corrected chi connectivity index (χ4v) is 5.91. The molecule has 1 N–H and O–H groups in total. The van der Waals surface area contributed by atoms with E-state index in [1.165, 1.54) is 5.56 Å². The van der Waals surface area contributed by atoms with Gasteiger partial charge in [0.15, 0.2) is 5.60 Å². The fraction of sp³-hybridized carbons (Fsp3) is 0.267. The van der Waals surface area contributed by atoms with Crippen molar-refractivity contribution in [1.29, 1.82) is 0 Å². The SMILES string of the molecule is CC[C@@]1(O)C(=O)OCc2c1cc1n(c2=O)Cc2c-1nc1cccc3c1c2N(CCc1ccc(OC)cc1)C=N3. The predicted octanol–water partition coefficient (Wildman–Crippen LogP) is 3.81. The number of carbonyl (C=O) groups is 1. The molecule has 0 radical (unpaired) electrons. The minimum absolute atomic E-state index is 0.101. The van der Waals surface area contributed by atoms with Gasteiger partial charge in [-0.15, -0.1) is 0 Å². The fourth-order valence-electron chi connectivity index (χ4n) is 5.91. The van der Waals surface area contributed by atoms with Crippen LogP contribution in [0.2, 0.25) is 0 Å². The van der Waals surface area contributed by atoms with Crippen LogP contribution in [0.1, 0.15) is 35.6 Å². The third-order valence-electron chi connectivity index (χ3n) is 8.09. The van der Waals surface area contributed by atoms with E-state index in [1.807, 2.05) is 36.7 Å². The molecule has 2 aromatic heterocycles. The number of benzene rings is 2. The number of anilines is 1. The van der Waals surface area contributed by atoms with Gasteiger partial charge in [0.05, 0.1) is 59.2 Å². The van der Waals surface area contributed by atoms with Gasteiger partial charge in [0.2, 0.25) is 0 Å². The first-order valence-corrected chi connectivity index (χ1v) is 13.0. The van der Waals surface area contributed by atoms with Crippen molar-refractivity contribution in [3.8, 4) is 17.1 Å². The first-order valence-electron chi connectivity index (χ1n) is 13.0. The van der Waals surface area contributed by atoms with E-state index in [4.69, 9.17) is 19.5 Å². The number of aliphatic imine (C=N–C) groups is 1. The van der Waals surface area contributed by atoms with Gasteiger partial charge in [-0.25, -0.2) is 14.8 Å². The topological polar surface area (TPSA) is 106 Å². The van der Waals surface area contributed by atoms with Crippen molar-refractivity contribution >= 4 is 34.6 Å². The Labute approximate surface area is 224 Å². The molecule has 1 atom stereocenters. The summed E-state index contributed by atoms with van der Waals surface area (Å²) in [6, 6.07) is 15.6. The lowest BCUT2D eigenvalue weighted by Crippen LogP contribution is -2.44. The molecule has 9 heteroatoms. The molecule has 9 nitrogen and oxygen atoms in total. The normalized spacial score (nSPS) is 18.5. The summed E-state index contributed by atoms with van der Waals surface area (Å²) in [6.45, 7) is 2.55. The summed E-state index contributed by atoms with van der Waals surface area (Å²) >= 11 is 0. The zero-order valence-corrected chi connectivity index (χ0v) is 21.6. The molecule has 0 bridgehead atoms. The van der Waals surface area contributed by atoms with E-state index in [0.29, 0.717) is 35.6 Å². The number of methoxy groups -OCH3 is 1. The molecule has 5 heterocycles. The summed E-state index contributed by atoms with van der Waals surface area (Å²) in [6.07, 6.45) is 2.73. The summed E-state index contributed by atoms with van der Waals surface area (Å²) < 4.78 is 12.2. The van der Waals surface area contributed by atoms with E-state index >= 15 is 0 Å². The molecule has 0 aliphatic carbocycles. The van der Waals surface area contributed by atoms with Crippen LogP contribution in [0.15, 0.2) is 58.3 Å². The number of rotatable bonds is 5. The molecule has 0 saturated carbocycles. The van der Waals surface area contributed by atoms with Crippen LogP contribution in [0.4, 0.5) is 11.4 Å². The largest absolute Gasteiger partial charge is 0.497 e. The van der Waals surface area contributed by atoms with Gasteiger partial charge in [0, 0.05) is 17.7 Å². The van der Waals surface area contributed by atoms with Gasteiger partial charge in [-0.1, -0.05) is 25.1 Å². The maximum absolute atomic E-state index is 13.7. The monoisotopic (exact) mass is 522 g/mol. The minimum atomic E-state index is -1.86. The Morgan fingerprint density at radius 3 is 2.72 bits per heavy atom. The molecule has 3 aliphatic rings. The number of hydrogen-bond acceptors (Lipinski definition) is 8. The lowest BCUT2D eigenvalue weighted by Gasteiger charge is -2.31. The van der Waals surface area contributed by atoms with E-state index in [9.17, 15) is 14.7 Å². The smallest absolute Gasteiger partial charge is 0.343 e. The molecule has 4 aromatic rings. The second-order valence-electron chi connectivity index (χ2n) is 10.1. The van der Waals surface area contributed by atoms with E-state index in [1.54, 1.807) is 24.7 Å². The molecule has 0 spiro atoms. The highest BCUT2D eigenvalue weighted by atomic mass is 16.6. The van der Waals surface area contributed by atoms with Crippen molar-refractivity contribution in [2.45, 2.75) is 38.5 Å². The Balaban J connectivity index is 1.37. The first kappa shape index (κ1) is 23.6. The highest BCUT2D eigenvalue weighted by molar-refractivity contribution is 6.11. The molecule has 7 rings (SSSR count). The van der Waals surface area contributed by atoms with Gasteiger partial charge in [-0.05, 0) is 48.7 Å². The van der Waals surface area contributed by atoms with E-state index in [2.05, 4.69) is 17.0 Å². The van der Waals surface area contributed by atoms with Crippen molar-refractivity contribution in [3.63, 3.8) is 0 Å². The van der Waals surface area contributed by atoms with Gasteiger partial charge < -0.3 is 24.0 Å². The Morgan fingerprint density at radius 2 is 1.95 bits per heavy atom. The molecule has 196 valence electrons. The van der Waals surface area contributed by atoms with E-state index in [-0.39, 0.29) is 18.6 Å². The number of pyridine rings is 2. The standard InChI is InChI=1S/C30H26N4O5/c1-3-30(37)21-13-24-26-19(14-34(24)28(35)20(21)15-39-29(30)36)27-25-22(5-4-6-23(25)32-26)31-16-33(27)12-11-17-7-9-18(38-2)10-8-17/h4-10,13,16,37H,3,11-12,14-15H2,1-2H3/t30-/m0/s1. The summed E-state index contributed by atoms with van der Waals surface area (Å²) in [7, 11) is 1.65. The third kappa shape index (κ3) is 3.36. The van der Waals surface area contributed by atoms with Gasteiger partial charge in [0.25, 0.3) is 5.56 Å². The molecular formula is C30H26N4O5. The van der Waals surface area contributed by atoms with Crippen molar-refractivity contribution in [2.24, 2.45) is 4.99 Å². The first-order chi connectivity index (χ1) is 18.9. The number of hydrogen-bond donors (Lipinski definition) is 1. The zero-order valence-electron chi connectivity index (χ0n) is 21.6. The van der Waals surface area contributed by atoms with E-state index < -0.39 is 11.6 Å². The summed E-state index contributed by atoms with van der Waals surface area (Å²) in [4.78, 5) is 38.0. The maximum Gasteiger partial charge on any atom is 0.343 e. The Bertz CT molecular complexity index is 1780. The van der Waals surface area contributed by atoms with Crippen LogP contribution in [0.25, 0.3) is 22.3 Å². The number of aromatic nitrogens is 2.